The highest BCUT2D eigenvalue weighted by Crippen LogP contribution is 2.27. The van der Waals surface area contributed by atoms with Crippen molar-refractivity contribution in [2.75, 3.05) is 18.0 Å². The summed E-state index contributed by atoms with van der Waals surface area (Å²) in [7, 11) is 1.56. The minimum absolute atomic E-state index is 0.107. The monoisotopic (exact) mass is 213 g/mol. The van der Waals surface area contributed by atoms with Gasteiger partial charge in [-0.3, -0.25) is 9.69 Å². The number of rotatable bonds is 3. The van der Waals surface area contributed by atoms with E-state index in [4.69, 9.17) is 16.3 Å². The molecule has 0 fully saturated rings. The van der Waals surface area contributed by atoms with Gasteiger partial charge >= 0.3 is 0 Å². The molecule has 0 heterocycles. The number of hydrogen-bond donors (Lipinski definition) is 0. The van der Waals surface area contributed by atoms with Crippen LogP contribution >= 0.6 is 11.6 Å². The van der Waals surface area contributed by atoms with Crippen LogP contribution in [0.15, 0.2) is 24.3 Å². The molecule has 0 aliphatic rings. The van der Waals surface area contributed by atoms with Gasteiger partial charge in [0.25, 0.3) is 0 Å². The molecule has 14 heavy (non-hydrogen) atoms. The van der Waals surface area contributed by atoms with Crippen LogP contribution in [0, 0.1) is 0 Å². The van der Waals surface area contributed by atoms with Crippen molar-refractivity contribution in [3.8, 4) is 5.75 Å². The number of amides is 1. The molecule has 4 heteroatoms. The van der Waals surface area contributed by atoms with Crippen molar-refractivity contribution in [2.24, 2.45) is 0 Å². The molecule has 0 spiro atoms. The van der Waals surface area contributed by atoms with E-state index in [1.807, 2.05) is 12.1 Å². The Morgan fingerprint density at radius 3 is 2.64 bits per heavy atom. The van der Waals surface area contributed by atoms with Crippen molar-refractivity contribution in [1.29, 1.82) is 0 Å². The van der Waals surface area contributed by atoms with Crippen molar-refractivity contribution in [3.63, 3.8) is 0 Å². The third-order valence-electron chi connectivity index (χ3n) is 1.88. The number of alkyl halides is 1. The predicted octanol–water partition coefficient (Wildman–Crippen LogP) is 2.24. The molecule has 0 radical (unpaired) electrons. The Morgan fingerprint density at radius 2 is 2.14 bits per heavy atom. The lowest BCUT2D eigenvalue weighted by molar-refractivity contribution is -0.116. The van der Waals surface area contributed by atoms with E-state index < -0.39 is 0 Å². The fourth-order valence-corrected chi connectivity index (χ4v) is 1.47. The summed E-state index contributed by atoms with van der Waals surface area (Å²) in [5.74, 6) is 0.535. The maximum absolute atomic E-state index is 11.2. The number of carbonyl (C=O) groups excluding carboxylic acids is 1. The zero-order valence-corrected chi connectivity index (χ0v) is 8.91. The summed E-state index contributed by atoms with van der Waals surface area (Å²) >= 11 is 5.68. The van der Waals surface area contributed by atoms with E-state index in [-0.39, 0.29) is 11.9 Å². The van der Waals surface area contributed by atoms with Gasteiger partial charge in [0, 0.05) is 6.92 Å². The second-order valence-corrected chi connectivity index (χ2v) is 2.98. The summed E-state index contributed by atoms with van der Waals surface area (Å²) in [6, 6.07) is 7.38. The Labute approximate surface area is 88.2 Å². The van der Waals surface area contributed by atoms with Crippen molar-refractivity contribution in [3.05, 3.63) is 24.3 Å². The van der Waals surface area contributed by atoms with E-state index in [0.717, 1.165) is 0 Å². The Hall–Kier alpha value is -1.22. The predicted molar refractivity (Wildman–Crippen MR) is 56.9 cm³/mol. The van der Waals surface area contributed by atoms with Crippen LogP contribution < -0.4 is 9.64 Å². The molecule has 1 aromatic rings. The smallest absolute Gasteiger partial charge is 0.225 e. The first-order valence-electron chi connectivity index (χ1n) is 4.17. The second-order valence-electron chi connectivity index (χ2n) is 2.74. The summed E-state index contributed by atoms with van der Waals surface area (Å²) in [5.41, 5.74) is 0.692. The summed E-state index contributed by atoms with van der Waals surface area (Å²) in [6.45, 7) is 1.47. The maximum Gasteiger partial charge on any atom is 0.225 e. The highest BCUT2D eigenvalue weighted by molar-refractivity contribution is 6.21. The quantitative estimate of drug-likeness (QED) is 0.569. The zero-order chi connectivity index (χ0) is 10.6. The lowest BCUT2D eigenvalue weighted by Gasteiger charge is -2.20. The first kappa shape index (κ1) is 10.9. The standard InChI is InChI=1S/C10H12ClNO2/c1-8(13)12(7-11)9-5-3-4-6-10(9)14-2/h3-6H,7H2,1-2H3. The number of hydrogen-bond acceptors (Lipinski definition) is 2. The fourth-order valence-electron chi connectivity index (χ4n) is 1.17. The van der Waals surface area contributed by atoms with Crippen LogP contribution in [0.2, 0.25) is 0 Å². The van der Waals surface area contributed by atoms with Crippen molar-refractivity contribution < 1.29 is 9.53 Å². The Bertz CT molecular complexity index is 328. The molecule has 0 atom stereocenters. The van der Waals surface area contributed by atoms with Crippen LogP contribution in [-0.4, -0.2) is 19.0 Å². The Balaban J connectivity index is 3.08. The first-order valence-corrected chi connectivity index (χ1v) is 4.71. The number of ether oxygens (including phenoxy) is 1. The minimum atomic E-state index is -0.107. The summed E-state index contributed by atoms with van der Waals surface area (Å²) in [5, 5.41) is 0. The van der Waals surface area contributed by atoms with Crippen molar-refractivity contribution in [1.82, 2.24) is 0 Å². The van der Waals surface area contributed by atoms with Crippen molar-refractivity contribution >= 4 is 23.2 Å². The van der Waals surface area contributed by atoms with E-state index in [1.54, 1.807) is 19.2 Å². The van der Waals surface area contributed by atoms with Crippen LogP contribution in [0.4, 0.5) is 5.69 Å². The molecule has 3 nitrogen and oxygen atoms in total. The van der Waals surface area contributed by atoms with Crippen LogP contribution in [-0.2, 0) is 4.79 Å². The molecule has 1 rings (SSSR count). The van der Waals surface area contributed by atoms with Crippen LogP contribution in [0.25, 0.3) is 0 Å². The lowest BCUT2D eigenvalue weighted by atomic mass is 10.2. The van der Waals surface area contributed by atoms with Crippen LogP contribution in [0.1, 0.15) is 6.92 Å². The van der Waals surface area contributed by atoms with Gasteiger partial charge in [-0.25, -0.2) is 0 Å². The maximum atomic E-state index is 11.2. The lowest BCUT2D eigenvalue weighted by Crippen LogP contribution is -2.27. The highest BCUT2D eigenvalue weighted by atomic mass is 35.5. The van der Waals surface area contributed by atoms with E-state index in [0.29, 0.717) is 11.4 Å². The summed E-state index contributed by atoms with van der Waals surface area (Å²) < 4.78 is 5.13. The number of methoxy groups -OCH3 is 1. The highest BCUT2D eigenvalue weighted by Gasteiger charge is 2.13. The molecular formula is C10H12ClNO2. The van der Waals surface area contributed by atoms with Gasteiger partial charge in [0.2, 0.25) is 5.91 Å². The Morgan fingerprint density at radius 1 is 1.50 bits per heavy atom. The molecule has 0 aliphatic heterocycles. The molecule has 0 aromatic heterocycles. The molecule has 0 aliphatic carbocycles. The normalized spacial score (nSPS) is 9.64. The van der Waals surface area contributed by atoms with Gasteiger partial charge in [-0.2, -0.15) is 0 Å². The number of nitrogens with zero attached hydrogens (tertiary/aromatic N) is 1. The fraction of sp³-hybridized carbons (Fsp3) is 0.300. The van der Waals surface area contributed by atoms with E-state index in [1.165, 1.54) is 11.8 Å². The minimum Gasteiger partial charge on any atom is -0.495 e. The average Bonchev–Trinajstić information content (AvgIpc) is 2.19. The average molecular weight is 214 g/mol. The zero-order valence-electron chi connectivity index (χ0n) is 8.16. The molecular weight excluding hydrogens is 202 g/mol. The van der Waals surface area contributed by atoms with Gasteiger partial charge in [0.05, 0.1) is 12.8 Å². The molecule has 0 N–H and O–H groups in total. The van der Waals surface area contributed by atoms with Gasteiger partial charge in [-0.05, 0) is 12.1 Å². The topological polar surface area (TPSA) is 29.5 Å². The van der Waals surface area contributed by atoms with Gasteiger partial charge in [0.1, 0.15) is 11.8 Å². The van der Waals surface area contributed by atoms with Gasteiger partial charge in [0.15, 0.2) is 0 Å². The number of carbonyl (C=O) groups is 1. The molecule has 1 aromatic carbocycles. The molecule has 0 saturated carbocycles. The largest absolute Gasteiger partial charge is 0.495 e. The van der Waals surface area contributed by atoms with E-state index in [9.17, 15) is 4.79 Å². The van der Waals surface area contributed by atoms with Crippen LogP contribution in [0.3, 0.4) is 0 Å². The summed E-state index contributed by atoms with van der Waals surface area (Å²) in [4.78, 5) is 12.7. The van der Waals surface area contributed by atoms with E-state index >= 15 is 0 Å². The number of halogens is 1. The third kappa shape index (κ3) is 2.17. The van der Waals surface area contributed by atoms with E-state index in [2.05, 4.69) is 0 Å². The van der Waals surface area contributed by atoms with Gasteiger partial charge in [-0.1, -0.05) is 12.1 Å². The molecule has 0 unspecified atom stereocenters. The molecule has 1 amide bonds. The third-order valence-corrected chi connectivity index (χ3v) is 2.11. The number of para-hydroxylation sites is 2. The molecule has 76 valence electrons. The molecule has 0 saturated heterocycles. The van der Waals surface area contributed by atoms with Crippen molar-refractivity contribution in [2.45, 2.75) is 6.92 Å². The summed E-state index contributed by atoms with van der Waals surface area (Å²) in [6.07, 6.45) is 0. The van der Waals surface area contributed by atoms with Crippen LogP contribution in [0.5, 0.6) is 5.75 Å². The van der Waals surface area contributed by atoms with Gasteiger partial charge < -0.3 is 4.74 Å². The number of benzene rings is 1. The molecule has 0 bridgehead atoms. The number of anilines is 1. The SMILES string of the molecule is COc1ccccc1N(CCl)C(C)=O. The first-order chi connectivity index (χ1) is 6.70. The van der Waals surface area contributed by atoms with Gasteiger partial charge in [-0.15, -0.1) is 11.6 Å². The Kier molecular flexibility index (Phi) is 3.77. The second kappa shape index (κ2) is 4.86.